The molecule has 0 atom stereocenters. The number of nitrogens with zero attached hydrogens (tertiary/aromatic N) is 3. The van der Waals surface area contributed by atoms with E-state index < -0.39 is 0 Å². The zero-order valence-corrected chi connectivity index (χ0v) is 15.1. The minimum atomic E-state index is -0.334. The molecular weight excluding hydrogens is 348 g/mol. The van der Waals surface area contributed by atoms with Gasteiger partial charge in [-0.3, -0.25) is 9.59 Å². The van der Waals surface area contributed by atoms with Gasteiger partial charge >= 0.3 is 0 Å². The summed E-state index contributed by atoms with van der Waals surface area (Å²) < 4.78 is 11.7. The molecule has 0 fully saturated rings. The summed E-state index contributed by atoms with van der Waals surface area (Å²) >= 11 is 0. The summed E-state index contributed by atoms with van der Waals surface area (Å²) in [4.78, 5) is 28.7. The SMILES string of the molecule is CCCc1noc(-c2ccc(=O)n(CC(=O)Nc3cccc(OC)c3)c2)n1. The lowest BCUT2D eigenvalue weighted by Crippen LogP contribution is -2.26. The van der Waals surface area contributed by atoms with Gasteiger partial charge in [0.2, 0.25) is 5.91 Å². The van der Waals surface area contributed by atoms with Crippen molar-refractivity contribution in [1.29, 1.82) is 0 Å². The van der Waals surface area contributed by atoms with Crippen LogP contribution in [0.25, 0.3) is 11.5 Å². The second-order valence-electron chi connectivity index (χ2n) is 5.93. The Balaban J connectivity index is 1.75. The van der Waals surface area contributed by atoms with Crippen molar-refractivity contribution in [2.75, 3.05) is 12.4 Å². The number of aryl methyl sites for hydroxylation is 1. The molecule has 0 aliphatic heterocycles. The van der Waals surface area contributed by atoms with Crippen LogP contribution in [0.15, 0.2) is 51.9 Å². The van der Waals surface area contributed by atoms with Crippen LogP contribution in [0, 0.1) is 0 Å². The fourth-order valence-corrected chi connectivity index (χ4v) is 2.53. The van der Waals surface area contributed by atoms with Gasteiger partial charge in [-0.2, -0.15) is 4.98 Å². The molecule has 1 amide bonds. The summed E-state index contributed by atoms with van der Waals surface area (Å²) in [5.41, 5.74) is 0.871. The molecule has 2 heterocycles. The van der Waals surface area contributed by atoms with Gasteiger partial charge in [-0.1, -0.05) is 18.1 Å². The molecule has 0 radical (unpaired) electrons. The largest absolute Gasteiger partial charge is 0.497 e. The van der Waals surface area contributed by atoms with Crippen LogP contribution in [0.2, 0.25) is 0 Å². The maximum Gasteiger partial charge on any atom is 0.259 e. The highest BCUT2D eigenvalue weighted by Crippen LogP contribution is 2.17. The zero-order valence-electron chi connectivity index (χ0n) is 15.1. The van der Waals surface area contributed by atoms with Crippen LogP contribution >= 0.6 is 0 Å². The normalized spacial score (nSPS) is 10.6. The van der Waals surface area contributed by atoms with E-state index in [1.165, 1.54) is 16.8 Å². The Kier molecular flexibility index (Phi) is 5.65. The van der Waals surface area contributed by atoms with Crippen molar-refractivity contribution in [3.8, 4) is 17.2 Å². The number of rotatable bonds is 7. The first kappa shape index (κ1) is 18.4. The summed E-state index contributed by atoms with van der Waals surface area (Å²) in [5.74, 6) is 1.23. The molecule has 8 nitrogen and oxygen atoms in total. The molecule has 8 heteroatoms. The zero-order chi connectivity index (χ0) is 19.2. The van der Waals surface area contributed by atoms with Crippen LogP contribution in [0.5, 0.6) is 5.75 Å². The topological polar surface area (TPSA) is 99.2 Å². The van der Waals surface area contributed by atoms with Crippen LogP contribution in [0.4, 0.5) is 5.69 Å². The van der Waals surface area contributed by atoms with Crippen molar-refractivity contribution >= 4 is 11.6 Å². The minimum Gasteiger partial charge on any atom is -0.497 e. The molecule has 1 aromatic carbocycles. The van der Waals surface area contributed by atoms with E-state index in [1.54, 1.807) is 37.4 Å². The van der Waals surface area contributed by atoms with Crippen LogP contribution in [-0.2, 0) is 17.8 Å². The predicted octanol–water partition coefficient (Wildman–Crippen LogP) is 2.50. The standard InChI is InChI=1S/C19H20N4O4/c1-3-5-16-21-19(27-22-16)13-8-9-18(25)23(11-13)12-17(24)20-14-6-4-7-15(10-14)26-2/h4,6-11H,3,5,12H2,1-2H3,(H,20,24). The summed E-state index contributed by atoms with van der Waals surface area (Å²) in [7, 11) is 1.55. The summed E-state index contributed by atoms with van der Waals surface area (Å²) in [6.45, 7) is 1.89. The molecule has 0 bridgehead atoms. The second kappa shape index (κ2) is 8.31. The molecule has 0 unspecified atom stereocenters. The molecule has 0 spiro atoms. The van der Waals surface area contributed by atoms with E-state index in [4.69, 9.17) is 9.26 Å². The highest BCUT2D eigenvalue weighted by atomic mass is 16.5. The number of carbonyl (C=O) groups excluding carboxylic acids is 1. The number of hydrogen-bond acceptors (Lipinski definition) is 6. The van der Waals surface area contributed by atoms with E-state index in [1.807, 2.05) is 6.92 Å². The van der Waals surface area contributed by atoms with Crippen LogP contribution in [0.3, 0.4) is 0 Å². The number of aromatic nitrogens is 3. The average Bonchev–Trinajstić information content (AvgIpc) is 3.12. The fraction of sp³-hybridized carbons (Fsp3) is 0.263. The Morgan fingerprint density at radius 2 is 2.15 bits per heavy atom. The van der Waals surface area contributed by atoms with Crippen molar-refractivity contribution in [1.82, 2.24) is 14.7 Å². The first-order chi connectivity index (χ1) is 13.1. The Morgan fingerprint density at radius 3 is 2.93 bits per heavy atom. The van der Waals surface area contributed by atoms with Crippen LogP contribution in [0.1, 0.15) is 19.2 Å². The minimum absolute atomic E-state index is 0.139. The van der Waals surface area contributed by atoms with Gasteiger partial charge in [0, 0.05) is 30.4 Å². The fourth-order valence-electron chi connectivity index (χ4n) is 2.53. The highest BCUT2D eigenvalue weighted by Gasteiger charge is 2.12. The Hall–Kier alpha value is -3.42. The average molecular weight is 368 g/mol. The molecule has 0 aliphatic rings. The number of anilines is 1. The predicted molar refractivity (Wildman–Crippen MR) is 99.6 cm³/mol. The van der Waals surface area contributed by atoms with Crippen LogP contribution < -0.4 is 15.6 Å². The molecular formula is C19H20N4O4. The Morgan fingerprint density at radius 1 is 1.30 bits per heavy atom. The van der Waals surface area contributed by atoms with Gasteiger partial charge < -0.3 is 19.1 Å². The van der Waals surface area contributed by atoms with Crippen molar-refractivity contribution in [3.63, 3.8) is 0 Å². The highest BCUT2D eigenvalue weighted by molar-refractivity contribution is 5.90. The number of carbonyl (C=O) groups is 1. The molecule has 140 valence electrons. The number of pyridine rings is 1. The Bertz CT molecular complexity index is 993. The van der Waals surface area contributed by atoms with Gasteiger partial charge in [0.05, 0.1) is 12.7 Å². The van der Waals surface area contributed by atoms with E-state index in [9.17, 15) is 9.59 Å². The van der Waals surface area contributed by atoms with E-state index in [-0.39, 0.29) is 18.0 Å². The van der Waals surface area contributed by atoms with Gasteiger partial charge in [-0.25, -0.2) is 0 Å². The van der Waals surface area contributed by atoms with Gasteiger partial charge in [0.15, 0.2) is 5.82 Å². The second-order valence-corrected chi connectivity index (χ2v) is 5.93. The molecule has 1 N–H and O–H groups in total. The third kappa shape index (κ3) is 4.60. The lowest BCUT2D eigenvalue weighted by Gasteiger charge is -2.09. The van der Waals surface area contributed by atoms with E-state index >= 15 is 0 Å². The van der Waals surface area contributed by atoms with Gasteiger partial charge in [-0.15, -0.1) is 0 Å². The molecule has 0 saturated heterocycles. The van der Waals surface area contributed by atoms with Crippen molar-refractivity contribution in [3.05, 3.63) is 58.8 Å². The Labute approximate surface area is 155 Å². The monoisotopic (exact) mass is 368 g/mol. The van der Waals surface area contributed by atoms with Crippen molar-refractivity contribution in [2.45, 2.75) is 26.3 Å². The quantitative estimate of drug-likeness (QED) is 0.688. The number of hydrogen-bond donors (Lipinski definition) is 1. The number of benzene rings is 1. The van der Waals surface area contributed by atoms with Crippen LogP contribution in [-0.4, -0.2) is 27.7 Å². The summed E-state index contributed by atoms with van der Waals surface area (Å²) in [5, 5.41) is 6.65. The smallest absolute Gasteiger partial charge is 0.259 e. The first-order valence-corrected chi connectivity index (χ1v) is 8.56. The number of nitrogens with one attached hydrogen (secondary N) is 1. The maximum absolute atomic E-state index is 12.3. The van der Waals surface area contributed by atoms with E-state index in [0.717, 1.165) is 6.42 Å². The van der Waals surface area contributed by atoms with E-state index in [0.29, 0.717) is 35.1 Å². The van der Waals surface area contributed by atoms with Crippen molar-refractivity contribution in [2.24, 2.45) is 0 Å². The number of methoxy groups -OCH3 is 1. The summed E-state index contributed by atoms with van der Waals surface area (Å²) in [6, 6.07) is 9.96. The third-order valence-corrected chi connectivity index (χ3v) is 3.84. The lowest BCUT2D eigenvalue weighted by molar-refractivity contribution is -0.116. The van der Waals surface area contributed by atoms with Gasteiger partial charge in [-0.05, 0) is 24.6 Å². The molecule has 27 heavy (non-hydrogen) atoms. The molecule has 0 saturated carbocycles. The van der Waals surface area contributed by atoms with Crippen molar-refractivity contribution < 1.29 is 14.1 Å². The maximum atomic E-state index is 12.3. The molecule has 0 aliphatic carbocycles. The van der Waals surface area contributed by atoms with Gasteiger partial charge in [0.1, 0.15) is 12.3 Å². The lowest BCUT2D eigenvalue weighted by atomic mass is 10.2. The molecule has 3 aromatic rings. The molecule has 3 rings (SSSR count). The number of amides is 1. The van der Waals surface area contributed by atoms with E-state index in [2.05, 4.69) is 15.5 Å². The number of ether oxygens (including phenoxy) is 1. The molecule has 2 aromatic heterocycles. The van der Waals surface area contributed by atoms with Gasteiger partial charge in [0.25, 0.3) is 11.4 Å². The summed E-state index contributed by atoms with van der Waals surface area (Å²) in [6.07, 6.45) is 3.16. The third-order valence-electron chi connectivity index (χ3n) is 3.84. The first-order valence-electron chi connectivity index (χ1n) is 8.56.